The van der Waals surface area contributed by atoms with Crippen LogP contribution in [-0.4, -0.2) is 18.3 Å². The van der Waals surface area contributed by atoms with Gasteiger partial charge in [0.15, 0.2) is 0 Å². The standard InChI is InChI=1S/C12H18FNO/c1-9(2)7-14-12(8-15)10-4-3-5-11(13)6-10/h3-6,9,12,14-15H,7-8H2,1-2H3. The monoisotopic (exact) mass is 211 g/mol. The van der Waals surface area contributed by atoms with E-state index in [1.54, 1.807) is 6.07 Å². The third-order valence-electron chi connectivity index (χ3n) is 2.21. The predicted octanol–water partition coefficient (Wildman–Crippen LogP) is 2.10. The molecule has 0 saturated heterocycles. The zero-order valence-electron chi connectivity index (χ0n) is 9.20. The van der Waals surface area contributed by atoms with E-state index in [4.69, 9.17) is 0 Å². The summed E-state index contributed by atoms with van der Waals surface area (Å²) in [6, 6.07) is 6.15. The van der Waals surface area contributed by atoms with Crippen LogP contribution in [0.15, 0.2) is 24.3 Å². The van der Waals surface area contributed by atoms with E-state index >= 15 is 0 Å². The largest absolute Gasteiger partial charge is 0.394 e. The molecule has 2 nitrogen and oxygen atoms in total. The SMILES string of the molecule is CC(C)CNC(CO)c1cccc(F)c1. The van der Waals surface area contributed by atoms with E-state index in [-0.39, 0.29) is 18.5 Å². The van der Waals surface area contributed by atoms with Gasteiger partial charge in [-0.3, -0.25) is 0 Å². The van der Waals surface area contributed by atoms with Gasteiger partial charge in [-0.15, -0.1) is 0 Å². The van der Waals surface area contributed by atoms with Gasteiger partial charge in [0.25, 0.3) is 0 Å². The first-order chi connectivity index (χ1) is 7.13. The van der Waals surface area contributed by atoms with Crippen molar-refractivity contribution in [3.05, 3.63) is 35.6 Å². The van der Waals surface area contributed by atoms with E-state index in [1.807, 2.05) is 6.07 Å². The van der Waals surface area contributed by atoms with Crippen molar-refractivity contribution in [3.8, 4) is 0 Å². The van der Waals surface area contributed by atoms with Gasteiger partial charge in [0.2, 0.25) is 0 Å². The van der Waals surface area contributed by atoms with E-state index in [1.165, 1.54) is 12.1 Å². The normalized spacial score (nSPS) is 13.1. The lowest BCUT2D eigenvalue weighted by Gasteiger charge is -2.18. The zero-order chi connectivity index (χ0) is 11.3. The molecule has 15 heavy (non-hydrogen) atoms. The summed E-state index contributed by atoms with van der Waals surface area (Å²) in [4.78, 5) is 0. The van der Waals surface area contributed by atoms with Crippen LogP contribution in [-0.2, 0) is 0 Å². The van der Waals surface area contributed by atoms with Gasteiger partial charge in [-0.2, -0.15) is 0 Å². The number of rotatable bonds is 5. The van der Waals surface area contributed by atoms with E-state index in [0.717, 1.165) is 12.1 Å². The molecule has 0 aliphatic rings. The molecule has 1 rings (SSSR count). The second-order valence-electron chi connectivity index (χ2n) is 4.09. The molecule has 0 aliphatic heterocycles. The average molecular weight is 211 g/mol. The lowest BCUT2D eigenvalue weighted by molar-refractivity contribution is 0.240. The van der Waals surface area contributed by atoms with Crippen LogP contribution in [0.2, 0.25) is 0 Å². The van der Waals surface area contributed by atoms with Crippen molar-refractivity contribution >= 4 is 0 Å². The van der Waals surface area contributed by atoms with Crippen molar-refractivity contribution < 1.29 is 9.50 Å². The van der Waals surface area contributed by atoms with E-state index in [0.29, 0.717) is 5.92 Å². The van der Waals surface area contributed by atoms with Crippen LogP contribution < -0.4 is 5.32 Å². The molecule has 0 fully saturated rings. The van der Waals surface area contributed by atoms with E-state index in [2.05, 4.69) is 19.2 Å². The quantitative estimate of drug-likeness (QED) is 0.781. The number of hydrogen-bond donors (Lipinski definition) is 2. The van der Waals surface area contributed by atoms with Gasteiger partial charge < -0.3 is 10.4 Å². The molecule has 0 aliphatic carbocycles. The Morgan fingerprint density at radius 3 is 2.67 bits per heavy atom. The third-order valence-corrected chi connectivity index (χ3v) is 2.21. The van der Waals surface area contributed by atoms with Crippen LogP contribution in [0.1, 0.15) is 25.5 Å². The molecule has 0 amide bonds. The van der Waals surface area contributed by atoms with Gasteiger partial charge in [-0.25, -0.2) is 4.39 Å². The number of halogens is 1. The molecule has 3 heteroatoms. The number of nitrogens with one attached hydrogen (secondary N) is 1. The Kier molecular flexibility index (Phi) is 4.72. The highest BCUT2D eigenvalue weighted by Crippen LogP contribution is 2.13. The number of hydrogen-bond acceptors (Lipinski definition) is 2. The summed E-state index contributed by atoms with van der Waals surface area (Å²) in [6.07, 6.45) is 0. The summed E-state index contributed by atoms with van der Waals surface area (Å²) < 4.78 is 13.0. The molecule has 1 aromatic rings. The Balaban J connectivity index is 2.65. The van der Waals surface area contributed by atoms with Gasteiger partial charge in [0.05, 0.1) is 12.6 Å². The average Bonchev–Trinajstić information content (AvgIpc) is 2.18. The minimum Gasteiger partial charge on any atom is -0.394 e. The highest BCUT2D eigenvalue weighted by atomic mass is 19.1. The minimum absolute atomic E-state index is 0.0177. The number of benzene rings is 1. The smallest absolute Gasteiger partial charge is 0.123 e. The molecule has 0 spiro atoms. The maximum Gasteiger partial charge on any atom is 0.123 e. The summed E-state index contributed by atoms with van der Waals surface area (Å²) in [5.74, 6) is 0.241. The summed E-state index contributed by atoms with van der Waals surface area (Å²) in [6.45, 7) is 4.97. The van der Waals surface area contributed by atoms with Crippen LogP contribution in [0.5, 0.6) is 0 Å². The Hall–Kier alpha value is -0.930. The highest BCUT2D eigenvalue weighted by molar-refractivity contribution is 5.20. The summed E-state index contributed by atoms with van der Waals surface area (Å²) >= 11 is 0. The predicted molar refractivity (Wildman–Crippen MR) is 59.1 cm³/mol. The second kappa shape index (κ2) is 5.83. The molecule has 1 unspecified atom stereocenters. The molecule has 1 aromatic carbocycles. The van der Waals surface area contributed by atoms with Gasteiger partial charge in [0.1, 0.15) is 5.82 Å². The third kappa shape index (κ3) is 3.98. The lowest BCUT2D eigenvalue weighted by atomic mass is 10.1. The van der Waals surface area contributed by atoms with Crippen molar-refractivity contribution in [2.45, 2.75) is 19.9 Å². The van der Waals surface area contributed by atoms with Gasteiger partial charge in [0, 0.05) is 0 Å². The molecule has 2 N–H and O–H groups in total. The maximum absolute atomic E-state index is 13.0. The molecule has 1 atom stereocenters. The van der Waals surface area contributed by atoms with Crippen LogP contribution in [0.25, 0.3) is 0 Å². The van der Waals surface area contributed by atoms with Crippen molar-refractivity contribution in [1.29, 1.82) is 0 Å². The van der Waals surface area contributed by atoms with Crippen molar-refractivity contribution in [2.75, 3.05) is 13.2 Å². The fraction of sp³-hybridized carbons (Fsp3) is 0.500. The first-order valence-corrected chi connectivity index (χ1v) is 5.23. The van der Waals surface area contributed by atoms with Gasteiger partial charge in [-0.1, -0.05) is 26.0 Å². The van der Waals surface area contributed by atoms with Crippen molar-refractivity contribution in [2.24, 2.45) is 5.92 Å². The van der Waals surface area contributed by atoms with Crippen LogP contribution in [0, 0.1) is 11.7 Å². The maximum atomic E-state index is 13.0. The second-order valence-corrected chi connectivity index (χ2v) is 4.09. The summed E-state index contributed by atoms with van der Waals surface area (Å²) in [5, 5.41) is 12.4. The molecule has 0 radical (unpaired) electrons. The minimum atomic E-state index is -0.266. The molecule has 84 valence electrons. The number of aliphatic hydroxyl groups is 1. The van der Waals surface area contributed by atoms with Gasteiger partial charge >= 0.3 is 0 Å². The van der Waals surface area contributed by atoms with Crippen LogP contribution in [0.3, 0.4) is 0 Å². The van der Waals surface area contributed by atoms with E-state index < -0.39 is 0 Å². The first kappa shape index (κ1) is 12.1. The molecule has 0 heterocycles. The Bertz CT molecular complexity index is 301. The Labute approximate surface area is 90.1 Å². The zero-order valence-corrected chi connectivity index (χ0v) is 9.20. The Morgan fingerprint density at radius 2 is 2.13 bits per heavy atom. The van der Waals surface area contributed by atoms with Gasteiger partial charge in [-0.05, 0) is 30.2 Å². The molecular weight excluding hydrogens is 193 g/mol. The summed E-state index contributed by atoms with van der Waals surface area (Å²) in [5.41, 5.74) is 0.790. The molecule has 0 aromatic heterocycles. The number of aliphatic hydroxyl groups excluding tert-OH is 1. The van der Waals surface area contributed by atoms with Crippen molar-refractivity contribution in [1.82, 2.24) is 5.32 Å². The Morgan fingerprint density at radius 1 is 1.40 bits per heavy atom. The lowest BCUT2D eigenvalue weighted by Crippen LogP contribution is -2.27. The van der Waals surface area contributed by atoms with Crippen LogP contribution in [0.4, 0.5) is 4.39 Å². The van der Waals surface area contributed by atoms with E-state index in [9.17, 15) is 9.50 Å². The molecule has 0 saturated carbocycles. The molecular formula is C12H18FNO. The van der Waals surface area contributed by atoms with Crippen LogP contribution >= 0.6 is 0 Å². The highest BCUT2D eigenvalue weighted by Gasteiger charge is 2.10. The van der Waals surface area contributed by atoms with Crippen molar-refractivity contribution in [3.63, 3.8) is 0 Å². The fourth-order valence-electron chi connectivity index (χ4n) is 1.39. The topological polar surface area (TPSA) is 32.3 Å². The summed E-state index contributed by atoms with van der Waals surface area (Å²) in [7, 11) is 0. The first-order valence-electron chi connectivity index (χ1n) is 5.23. The molecule has 0 bridgehead atoms. The fourth-order valence-corrected chi connectivity index (χ4v) is 1.39.